The van der Waals surface area contributed by atoms with Crippen molar-refractivity contribution in [1.29, 1.82) is 0 Å². The van der Waals surface area contributed by atoms with Crippen LogP contribution in [0.15, 0.2) is 60.8 Å². The van der Waals surface area contributed by atoms with E-state index in [1.165, 1.54) is 250 Å². The van der Waals surface area contributed by atoms with Gasteiger partial charge in [0.2, 0.25) is 0 Å². The molecule has 1 unspecified atom stereocenters. The molecule has 0 radical (unpaired) electrons. The molecule has 0 heterocycles. The summed E-state index contributed by atoms with van der Waals surface area (Å²) >= 11 is 0. The molecule has 0 aliphatic carbocycles. The molecule has 0 aromatic rings. The highest BCUT2D eigenvalue weighted by Gasteiger charge is 2.19. The zero-order valence-corrected chi connectivity index (χ0v) is 53.6. The van der Waals surface area contributed by atoms with Crippen molar-refractivity contribution < 1.29 is 28.6 Å². The summed E-state index contributed by atoms with van der Waals surface area (Å²) in [4.78, 5) is 38.4. The SMILES string of the molecule is CCCCC/C=C\C/C=C\CCCCCCCC(=O)OCC(COC(=O)CCCCCCCCCCCCCCCCCCC/C=C\C/C=C\CCCCCCC)OC(=O)CCCCCCCCC/C=C\CCCCCCCCC. The zero-order valence-electron chi connectivity index (χ0n) is 53.6. The van der Waals surface area contributed by atoms with E-state index < -0.39 is 6.10 Å². The monoisotopic (exact) mass is 1120 g/mol. The van der Waals surface area contributed by atoms with Crippen molar-refractivity contribution in [2.45, 2.75) is 380 Å². The Morgan fingerprint density at radius 1 is 0.250 bits per heavy atom. The smallest absolute Gasteiger partial charge is 0.306 e. The number of carbonyl (C=O) groups excluding carboxylic acids is 3. The highest BCUT2D eigenvalue weighted by Crippen LogP contribution is 2.17. The standard InChI is InChI=1S/C74H134O6/c1-4-7-10-13-16-19-22-25-28-30-32-33-34-35-36-37-38-39-40-41-42-44-46-49-52-55-58-61-64-67-73(76)79-70-71(69-78-72(75)66-63-60-57-54-51-48-45-27-24-21-18-15-12-9-6-3)80-74(77)68-65-62-59-56-53-50-47-43-31-29-26-23-20-17-14-11-8-5-2/h18,21-22,25,27,29-32,45,71H,4-17,19-20,23-24,26,28,33-44,46-70H2,1-3H3/b21-18-,25-22-,31-29-,32-30-,45-27-. The molecule has 0 aromatic heterocycles. The number of hydrogen-bond donors (Lipinski definition) is 0. The maximum absolute atomic E-state index is 12.9. The van der Waals surface area contributed by atoms with Gasteiger partial charge in [0, 0.05) is 19.3 Å². The molecule has 0 amide bonds. The van der Waals surface area contributed by atoms with Crippen molar-refractivity contribution in [1.82, 2.24) is 0 Å². The fourth-order valence-corrected chi connectivity index (χ4v) is 10.4. The van der Waals surface area contributed by atoms with Crippen molar-refractivity contribution in [2.75, 3.05) is 13.2 Å². The third-order valence-corrected chi connectivity index (χ3v) is 15.7. The molecule has 0 aliphatic heterocycles. The van der Waals surface area contributed by atoms with Gasteiger partial charge in [0.25, 0.3) is 0 Å². The lowest BCUT2D eigenvalue weighted by Crippen LogP contribution is -2.30. The van der Waals surface area contributed by atoms with Crippen LogP contribution in [-0.2, 0) is 28.6 Å². The van der Waals surface area contributed by atoms with E-state index in [-0.39, 0.29) is 31.1 Å². The predicted octanol–water partition coefficient (Wildman–Crippen LogP) is 24.3. The lowest BCUT2D eigenvalue weighted by molar-refractivity contribution is -0.167. The summed E-state index contributed by atoms with van der Waals surface area (Å²) in [5, 5.41) is 0. The molecule has 1 atom stereocenters. The summed E-state index contributed by atoms with van der Waals surface area (Å²) in [5.74, 6) is -0.874. The number of unbranched alkanes of at least 4 members (excludes halogenated alkanes) is 44. The molecule has 0 spiro atoms. The van der Waals surface area contributed by atoms with Gasteiger partial charge in [0.05, 0.1) is 0 Å². The summed E-state index contributed by atoms with van der Waals surface area (Å²) in [5.41, 5.74) is 0. The Bertz CT molecular complexity index is 1430. The van der Waals surface area contributed by atoms with Crippen LogP contribution in [0.25, 0.3) is 0 Å². The minimum absolute atomic E-state index is 0.0772. The topological polar surface area (TPSA) is 78.9 Å². The molecule has 6 nitrogen and oxygen atoms in total. The van der Waals surface area contributed by atoms with Crippen molar-refractivity contribution in [2.24, 2.45) is 0 Å². The highest BCUT2D eigenvalue weighted by atomic mass is 16.6. The number of ether oxygens (including phenoxy) is 3. The molecule has 0 saturated heterocycles. The minimum atomic E-state index is -0.782. The first-order valence-electron chi connectivity index (χ1n) is 35.3. The van der Waals surface area contributed by atoms with Crippen LogP contribution in [0.4, 0.5) is 0 Å². The quantitative estimate of drug-likeness (QED) is 0.0261. The highest BCUT2D eigenvalue weighted by molar-refractivity contribution is 5.71. The van der Waals surface area contributed by atoms with Crippen LogP contribution in [-0.4, -0.2) is 37.2 Å². The van der Waals surface area contributed by atoms with Gasteiger partial charge in [-0.25, -0.2) is 0 Å². The average Bonchev–Trinajstić information content (AvgIpc) is 3.46. The van der Waals surface area contributed by atoms with E-state index in [1.807, 2.05) is 0 Å². The Morgan fingerprint density at radius 2 is 0.450 bits per heavy atom. The fourth-order valence-electron chi connectivity index (χ4n) is 10.4. The van der Waals surface area contributed by atoms with E-state index in [0.717, 1.165) is 83.5 Å². The van der Waals surface area contributed by atoms with E-state index >= 15 is 0 Å². The number of esters is 3. The van der Waals surface area contributed by atoms with E-state index in [1.54, 1.807) is 0 Å². The van der Waals surface area contributed by atoms with Crippen molar-refractivity contribution in [3.05, 3.63) is 60.8 Å². The second-order valence-corrected chi connectivity index (χ2v) is 23.8. The number of hydrogen-bond acceptors (Lipinski definition) is 6. The molecule has 0 fully saturated rings. The summed E-state index contributed by atoms with van der Waals surface area (Å²) < 4.78 is 17.0. The maximum atomic E-state index is 12.9. The first-order chi connectivity index (χ1) is 39.5. The Labute approximate surface area is 498 Å². The van der Waals surface area contributed by atoms with Gasteiger partial charge in [0.1, 0.15) is 13.2 Å². The molecule has 0 aromatic carbocycles. The summed E-state index contributed by atoms with van der Waals surface area (Å²) in [6.07, 6.45) is 88.2. The second kappa shape index (κ2) is 68.6. The van der Waals surface area contributed by atoms with Gasteiger partial charge < -0.3 is 14.2 Å². The third kappa shape index (κ3) is 65.9. The van der Waals surface area contributed by atoms with Gasteiger partial charge >= 0.3 is 17.9 Å². The van der Waals surface area contributed by atoms with Gasteiger partial charge in [-0.1, -0.05) is 306 Å². The van der Waals surface area contributed by atoms with Gasteiger partial charge in [-0.2, -0.15) is 0 Å². The van der Waals surface area contributed by atoms with Crippen LogP contribution < -0.4 is 0 Å². The zero-order chi connectivity index (χ0) is 57.8. The summed E-state index contributed by atoms with van der Waals surface area (Å²) in [6, 6.07) is 0. The summed E-state index contributed by atoms with van der Waals surface area (Å²) in [6.45, 7) is 6.64. The third-order valence-electron chi connectivity index (χ3n) is 15.7. The van der Waals surface area contributed by atoms with Gasteiger partial charge in [-0.3, -0.25) is 14.4 Å². The van der Waals surface area contributed by atoms with E-state index in [4.69, 9.17) is 14.2 Å². The van der Waals surface area contributed by atoms with E-state index in [9.17, 15) is 14.4 Å². The Morgan fingerprint density at radius 3 is 0.725 bits per heavy atom. The molecule has 0 aliphatic rings. The second-order valence-electron chi connectivity index (χ2n) is 23.8. The Hall–Kier alpha value is -2.89. The van der Waals surface area contributed by atoms with Crippen LogP contribution >= 0.6 is 0 Å². The summed E-state index contributed by atoms with van der Waals surface area (Å²) in [7, 11) is 0. The van der Waals surface area contributed by atoms with Gasteiger partial charge in [-0.05, 0) is 109 Å². The molecule has 80 heavy (non-hydrogen) atoms. The lowest BCUT2D eigenvalue weighted by Gasteiger charge is -2.18. The number of allylic oxidation sites excluding steroid dienone is 10. The Balaban J connectivity index is 4.24. The minimum Gasteiger partial charge on any atom is -0.462 e. The lowest BCUT2D eigenvalue weighted by atomic mass is 10.0. The largest absolute Gasteiger partial charge is 0.462 e. The van der Waals surface area contributed by atoms with Crippen LogP contribution in [0.2, 0.25) is 0 Å². The van der Waals surface area contributed by atoms with Crippen molar-refractivity contribution in [3.63, 3.8) is 0 Å². The molecular weight excluding hydrogens is 985 g/mol. The van der Waals surface area contributed by atoms with Crippen molar-refractivity contribution in [3.8, 4) is 0 Å². The Kier molecular flexibility index (Phi) is 66.1. The molecule has 0 saturated carbocycles. The van der Waals surface area contributed by atoms with Crippen molar-refractivity contribution >= 4 is 17.9 Å². The molecule has 466 valence electrons. The molecule has 0 bridgehead atoms. The van der Waals surface area contributed by atoms with E-state index in [2.05, 4.69) is 81.5 Å². The molecule has 0 N–H and O–H groups in total. The predicted molar refractivity (Wildman–Crippen MR) is 348 cm³/mol. The first kappa shape index (κ1) is 77.1. The van der Waals surface area contributed by atoms with Gasteiger partial charge in [0.15, 0.2) is 6.10 Å². The van der Waals surface area contributed by atoms with Crippen LogP contribution in [0.1, 0.15) is 374 Å². The van der Waals surface area contributed by atoms with Crippen LogP contribution in [0.5, 0.6) is 0 Å². The van der Waals surface area contributed by atoms with E-state index in [0.29, 0.717) is 19.3 Å². The molecule has 6 heteroatoms. The molecule has 0 rings (SSSR count). The maximum Gasteiger partial charge on any atom is 0.306 e. The molecular formula is C74H134O6. The average molecular weight is 1120 g/mol. The van der Waals surface area contributed by atoms with Crippen LogP contribution in [0, 0.1) is 0 Å². The normalized spacial score (nSPS) is 12.4. The first-order valence-corrected chi connectivity index (χ1v) is 35.3. The number of carbonyl (C=O) groups is 3. The number of rotatable bonds is 65. The van der Waals surface area contributed by atoms with Gasteiger partial charge in [-0.15, -0.1) is 0 Å². The fraction of sp³-hybridized carbons (Fsp3) is 0.824. The van der Waals surface area contributed by atoms with Crippen LogP contribution in [0.3, 0.4) is 0 Å².